The number of nitrogens with zero attached hydrogens (tertiary/aromatic N) is 2. The Morgan fingerprint density at radius 3 is 2.86 bits per heavy atom. The van der Waals surface area contributed by atoms with Crippen molar-refractivity contribution in [3.8, 4) is 11.3 Å². The van der Waals surface area contributed by atoms with E-state index < -0.39 is 0 Å². The van der Waals surface area contributed by atoms with Gasteiger partial charge >= 0.3 is 0 Å². The van der Waals surface area contributed by atoms with E-state index in [2.05, 4.69) is 9.97 Å². The summed E-state index contributed by atoms with van der Waals surface area (Å²) in [5.41, 5.74) is 3.00. The average molecular weight is 205 g/mol. The molecular weight excluding hydrogens is 196 g/mol. The minimum Gasteiger partial charge on any atom is -0.264 e. The van der Waals surface area contributed by atoms with Gasteiger partial charge in [0.15, 0.2) is 0 Å². The Kier molecular flexibility index (Phi) is 2.75. The van der Waals surface area contributed by atoms with Crippen molar-refractivity contribution in [1.29, 1.82) is 0 Å². The topological polar surface area (TPSA) is 25.8 Å². The highest BCUT2D eigenvalue weighted by atomic mass is 35.5. The summed E-state index contributed by atoms with van der Waals surface area (Å²) in [7, 11) is 0. The van der Waals surface area contributed by atoms with Crippen LogP contribution in [0.2, 0.25) is 0 Å². The molecule has 14 heavy (non-hydrogen) atoms. The zero-order valence-electron chi connectivity index (χ0n) is 7.52. The van der Waals surface area contributed by atoms with Crippen LogP contribution in [0.15, 0.2) is 42.9 Å². The maximum absolute atomic E-state index is 5.74. The van der Waals surface area contributed by atoms with Crippen LogP contribution in [-0.4, -0.2) is 9.97 Å². The molecule has 0 aliphatic rings. The second kappa shape index (κ2) is 4.20. The summed E-state index contributed by atoms with van der Waals surface area (Å²) in [4.78, 5) is 8.30. The molecule has 0 aliphatic carbocycles. The molecule has 70 valence electrons. The number of hydrogen-bond donors (Lipinski definition) is 0. The minimum atomic E-state index is 0.510. The van der Waals surface area contributed by atoms with Crippen LogP contribution < -0.4 is 0 Å². The van der Waals surface area contributed by atoms with Gasteiger partial charge < -0.3 is 0 Å². The fourth-order valence-corrected chi connectivity index (χ4v) is 1.40. The molecule has 0 unspecified atom stereocenters. The zero-order chi connectivity index (χ0) is 9.80. The molecule has 0 saturated carbocycles. The highest BCUT2D eigenvalue weighted by Gasteiger charge is 1.99. The minimum absolute atomic E-state index is 0.510. The molecule has 0 aromatic carbocycles. The van der Waals surface area contributed by atoms with E-state index in [-0.39, 0.29) is 0 Å². The van der Waals surface area contributed by atoms with Crippen molar-refractivity contribution in [3.63, 3.8) is 0 Å². The van der Waals surface area contributed by atoms with Crippen molar-refractivity contribution in [2.24, 2.45) is 0 Å². The highest BCUT2D eigenvalue weighted by molar-refractivity contribution is 6.17. The van der Waals surface area contributed by atoms with Crippen molar-refractivity contribution >= 4 is 11.6 Å². The monoisotopic (exact) mass is 204 g/mol. The highest BCUT2D eigenvalue weighted by Crippen LogP contribution is 2.16. The Bertz CT molecular complexity index is 415. The fraction of sp³-hybridized carbons (Fsp3) is 0.0909. The molecule has 0 atom stereocenters. The lowest BCUT2D eigenvalue weighted by atomic mass is 10.1. The van der Waals surface area contributed by atoms with Crippen LogP contribution in [0.4, 0.5) is 0 Å². The van der Waals surface area contributed by atoms with Gasteiger partial charge in [0, 0.05) is 30.0 Å². The first-order valence-electron chi connectivity index (χ1n) is 4.31. The van der Waals surface area contributed by atoms with Crippen molar-refractivity contribution < 1.29 is 0 Å². The molecule has 0 spiro atoms. The lowest BCUT2D eigenvalue weighted by Gasteiger charge is -2.01. The molecule has 2 heterocycles. The first kappa shape index (κ1) is 9.16. The van der Waals surface area contributed by atoms with Crippen LogP contribution in [0, 0.1) is 0 Å². The van der Waals surface area contributed by atoms with Crippen LogP contribution in [0.25, 0.3) is 11.3 Å². The van der Waals surface area contributed by atoms with Gasteiger partial charge in [-0.05, 0) is 29.8 Å². The molecule has 0 saturated heterocycles. The predicted molar refractivity (Wildman–Crippen MR) is 57.0 cm³/mol. The lowest BCUT2D eigenvalue weighted by molar-refractivity contribution is 1.25. The van der Waals surface area contributed by atoms with Gasteiger partial charge in [-0.15, -0.1) is 11.6 Å². The van der Waals surface area contributed by atoms with E-state index in [0.717, 1.165) is 16.8 Å². The largest absolute Gasteiger partial charge is 0.264 e. The molecule has 3 heteroatoms. The molecule has 0 N–H and O–H groups in total. The Hall–Kier alpha value is -1.41. The number of pyridine rings is 2. The SMILES string of the molecule is ClCc1ccnc(-c2cccnc2)c1. The molecule has 2 rings (SSSR count). The van der Waals surface area contributed by atoms with E-state index in [1.54, 1.807) is 18.6 Å². The maximum Gasteiger partial charge on any atom is 0.0720 e. The molecule has 0 fully saturated rings. The normalized spacial score (nSPS) is 10.1. The number of rotatable bonds is 2. The average Bonchev–Trinajstić information content (AvgIpc) is 2.30. The molecular formula is C11H9ClN2. The summed E-state index contributed by atoms with van der Waals surface area (Å²) in [6, 6.07) is 7.76. The van der Waals surface area contributed by atoms with Crippen molar-refractivity contribution in [2.45, 2.75) is 5.88 Å². The number of aromatic nitrogens is 2. The van der Waals surface area contributed by atoms with E-state index in [0.29, 0.717) is 5.88 Å². The standard InChI is InChI=1S/C11H9ClN2/c12-7-9-3-5-14-11(6-9)10-2-1-4-13-8-10/h1-6,8H,7H2. The van der Waals surface area contributed by atoms with Gasteiger partial charge in [0.25, 0.3) is 0 Å². The Morgan fingerprint density at radius 2 is 2.14 bits per heavy atom. The van der Waals surface area contributed by atoms with Crippen molar-refractivity contribution in [2.75, 3.05) is 0 Å². The Labute approximate surface area is 87.6 Å². The van der Waals surface area contributed by atoms with Crippen LogP contribution >= 0.6 is 11.6 Å². The second-order valence-electron chi connectivity index (χ2n) is 2.92. The van der Waals surface area contributed by atoms with E-state index in [9.17, 15) is 0 Å². The van der Waals surface area contributed by atoms with Gasteiger partial charge in [0.2, 0.25) is 0 Å². The summed E-state index contributed by atoms with van der Waals surface area (Å²) < 4.78 is 0. The van der Waals surface area contributed by atoms with Gasteiger partial charge in [0.1, 0.15) is 0 Å². The number of hydrogen-bond acceptors (Lipinski definition) is 2. The van der Waals surface area contributed by atoms with E-state index in [1.807, 2.05) is 24.3 Å². The summed E-state index contributed by atoms with van der Waals surface area (Å²) >= 11 is 5.74. The second-order valence-corrected chi connectivity index (χ2v) is 3.19. The maximum atomic E-state index is 5.74. The first-order chi connectivity index (χ1) is 6.90. The lowest BCUT2D eigenvalue weighted by Crippen LogP contribution is -1.86. The van der Waals surface area contributed by atoms with Crippen molar-refractivity contribution in [3.05, 3.63) is 48.4 Å². The van der Waals surface area contributed by atoms with E-state index >= 15 is 0 Å². The Balaban J connectivity index is 2.42. The smallest absolute Gasteiger partial charge is 0.0720 e. The third-order valence-electron chi connectivity index (χ3n) is 1.94. The summed E-state index contributed by atoms with van der Waals surface area (Å²) in [5, 5.41) is 0. The third-order valence-corrected chi connectivity index (χ3v) is 2.24. The summed E-state index contributed by atoms with van der Waals surface area (Å²) in [6.45, 7) is 0. The molecule has 2 aromatic heterocycles. The molecule has 0 bridgehead atoms. The van der Waals surface area contributed by atoms with E-state index in [4.69, 9.17) is 11.6 Å². The van der Waals surface area contributed by atoms with Gasteiger partial charge in [0.05, 0.1) is 5.69 Å². The van der Waals surface area contributed by atoms with Gasteiger partial charge in [-0.1, -0.05) is 0 Å². The zero-order valence-corrected chi connectivity index (χ0v) is 8.28. The predicted octanol–water partition coefficient (Wildman–Crippen LogP) is 2.88. The van der Waals surface area contributed by atoms with Gasteiger partial charge in [-0.25, -0.2) is 0 Å². The first-order valence-corrected chi connectivity index (χ1v) is 4.85. The number of alkyl halides is 1. The quantitative estimate of drug-likeness (QED) is 0.703. The molecule has 2 nitrogen and oxygen atoms in total. The van der Waals surface area contributed by atoms with Crippen LogP contribution in [-0.2, 0) is 5.88 Å². The van der Waals surface area contributed by atoms with Gasteiger partial charge in [-0.3, -0.25) is 9.97 Å². The van der Waals surface area contributed by atoms with Gasteiger partial charge in [-0.2, -0.15) is 0 Å². The molecule has 0 radical (unpaired) electrons. The summed E-state index contributed by atoms with van der Waals surface area (Å²) in [6.07, 6.45) is 5.30. The molecule has 2 aromatic rings. The van der Waals surface area contributed by atoms with E-state index in [1.165, 1.54) is 0 Å². The molecule has 0 aliphatic heterocycles. The summed E-state index contributed by atoms with van der Waals surface area (Å²) in [5.74, 6) is 0.510. The Morgan fingerprint density at radius 1 is 1.21 bits per heavy atom. The van der Waals surface area contributed by atoms with Crippen LogP contribution in [0.5, 0.6) is 0 Å². The van der Waals surface area contributed by atoms with Crippen LogP contribution in [0.3, 0.4) is 0 Å². The van der Waals surface area contributed by atoms with Crippen LogP contribution in [0.1, 0.15) is 5.56 Å². The number of halogens is 1. The fourth-order valence-electron chi connectivity index (χ4n) is 1.23. The molecule has 0 amide bonds. The third kappa shape index (κ3) is 1.91. The van der Waals surface area contributed by atoms with Crippen molar-refractivity contribution in [1.82, 2.24) is 9.97 Å².